The average Bonchev–Trinajstić information content (AvgIpc) is 2.79. The Bertz CT molecular complexity index is 499. The minimum Gasteiger partial charge on any atom is -0.458 e. The van der Waals surface area contributed by atoms with Crippen LogP contribution < -0.4 is 0 Å². The number of rotatable bonds is 0. The van der Waals surface area contributed by atoms with Gasteiger partial charge in [-0.25, -0.2) is 4.79 Å². The number of carbonyl (C=O) groups excluding carboxylic acids is 1. The van der Waals surface area contributed by atoms with Crippen molar-refractivity contribution in [2.45, 2.75) is 51.9 Å². The van der Waals surface area contributed by atoms with E-state index in [1.54, 1.807) is 11.6 Å². The fourth-order valence-electron chi connectivity index (χ4n) is 5.20. The molecule has 0 aromatic heterocycles. The molecule has 3 atom stereocenters. The second kappa shape index (κ2) is 3.97. The smallest absolute Gasteiger partial charge is 0.331 e. The molecule has 0 unspecified atom stereocenters. The van der Waals surface area contributed by atoms with Gasteiger partial charge >= 0.3 is 5.97 Å². The van der Waals surface area contributed by atoms with E-state index in [4.69, 9.17) is 4.74 Å². The van der Waals surface area contributed by atoms with Gasteiger partial charge in [-0.15, -0.1) is 0 Å². The summed E-state index contributed by atoms with van der Waals surface area (Å²) in [6.45, 7) is 3.05. The van der Waals surface area contributed by atoms with Crippen LogP contribution in [0, 0.1) is 17.3 Å². The molecule has 4 aliphatic rings. The van der Waals surface area contributed by atoms with Crippen molar-refractivity contribution >= 4 is 5.97 Å². The van der Waals surface area contributed by atoms with E-state index in [0.29, 0.717) is 12.0 Å². The molecular formula is C17H22O2. The topological polar surface area (TPSA) is 26.3 Å². The van der Waals surface area contributed by atoms with Crippen LogP contribution in [0.25, 0.3) is 0 Å². The molecule has 2 saturated carbocycles. The Hall–Kier alpha value is -1.05. The van der Waals surface area contributed by atoms with E-state index in [2.05, 4.69) is 6.92 Å². The molecule has 0 saturated heterocycles. The van der Waals surface area contributed by atoms with Crippen LogP contribution in [0.15, 0.2) is 22.8 Å². The van der Waals surface area contributed by atoms with Crippen LogP contribution in [0.1, 0.15) is 51.9 Å². The normalized spacial score (nSPS) is 41.1. The van der Waals surface area contributed by atoms with Crippen molar-refractivity contribution < 1.29 is 9.53 Å². The third-order valence-corrected chi connectivity index (χ3v) is 6.21. The molecule has 19 heavy (non-hydrogen) atoms. The van der Waals surface area contributed by atoms with E-state index in [9.17, 15) is 4.79 Å². The van der Waals surface area contributed by atoms with Gasteiger partial charge in [-0.05, 0) is 66.9 Å². The van der Waals surface area contributed by atoms with Gasteiger partial charge in [0.15, 0.2) is 0 Å². The second-order valence-corrected chi connectivity index (χ2v) is 7.08. The van der Waals surface area contributed by atoms with Crippen molar-refractivity contribution in [3.8, 4) is 0 Å². The summed E-state index contributed by atoms with van der Waals surface area (Å²) in [5, 5.41) is 0. The van der Waals surface area contributed by atoms with E-state index in [1.807, 2.05) is 0 Å². The van der Waals surface area contributed by atoms with Crippen LogP contribution in [0.3, 0.4) is 0 Å². The van der Waals surface area contributed by atoms with Gasteiger partial charge in [0.1, 0.15) is 6.61 Å². The Balaban J connectivity index is 1.75. The number of fused-ring (bicyclic) bond motifs is 4. The maximum atomic E-state index is 11.4. The van der Waals surface area contributed by atoms with Crippen LogP contribution in [0.2, 0.25) is 0 Å². The van der Waals surface area contributed by atoms with Crippen LogP contribution in [0.4, 0.5) is 0 Å². The van der Waals surface area contributed by atoms with E-state index in [1.165, 1.54) is 49.7 Å². The summed E-state index contributed by atoms with van der Waals surface area (Å²) in [6.07, 6.45) is 10.9. The molecule has 102 valence electrons. The fraction of sp³-hybridized carbons (Fsp3) is 0.706. The lowest BCUT2D eigenvalue weighted by molar-refractivity contribution is -0.137. The average molecular weight is 258 g/mol. The van der Waals surface area contributed by atoms with Crippen molar-refractivity contribution in [1.82, 2.24) is 0 Å². The number of hydrogen-bond donors (Lipinski definition) is 0. The van der Waals surface area contributed by atoms with Crippen molar-refractivity contribution in [1.29, 1.82) is 0 Å². The Kier molecular flexibility index (Phi) is 2.46. The molecule has 1 aliphatic heterocycles. The quantitative estimate of drug-likeness (QED) is 0.618. The maximum Gasteiger partial charge on any atom is 0.331 e. The number of cyclic esters (lactones) is 1. The summed E-state index contributed by atoms with van der Waals surface area (Å²) in [6, 6.07) is 0. The highest BCUT2D eigenvalue weighted by Crippen LogP contribution is 2.59. The third-order valence-electron chi connectivity index (χ3n) is 6.21. The summed E-state index contributed by atoms with van der Waals surface area (Å²) in [5.74, 6) is 1.53. The number of allylic oxidation sites excluding steroid dienone is 1. The predicted octanol–water partition coefficient (Wildman–Crippen LogP) is 3.78. The first-order valence-corrected chi connectivity index (χ1v) is 7.77. The van der Waals surface area contributed by atoms with Gasteiger partial charge in [-0.1, -0.05) is 18.9 Å². The molecule has 0 radical (unpaired) electrons. The lowest BCUT2D eigenvalue weighted by atomic mass is 9.58. The van der Waals surface area contributed by atoms with Crippen molar-refractivity contribution in [3.63, 3.8) is 0 Å². The standard InChI is InChI=1S/C17H22O2/c1-17-7-2-3-15(17)13-5-4-11-9-16(18)19-10-14(11)12(13)6-8-17/h9,13,15H,2-8,10H2,1H3/t13-,15+,17+/m1/s1. The molecule has 0 aromatic rings. The van der Waals surface area contributed by atoms with Crippen LogP contribution in [-0.2, 0) is 9.53 Å². The molecule has 1 heterocycles. The Morgan fingerprint density at radius 1 is 1.26 bits per heavy atom. The monoisotopic (exact) mass is 258 g/mol. The molecule has 4 rings (SSSR count). The Morgan fingerprint density at radius 2 is 2.16 bits per heavy atom. The molecule has 2 nitrogen and oxygen atoms in total. The highest BCUT2D eigenvalue weighted by Gasteiger charge is 2.48. The summed E-state index contributed by atoms with van der Waals surface area (Å²) in [4.78, 5) is 11.4. The van der Waals surface area contributed by atoms with Gasteiger partial charge in [0.2, 0.25) is 0 Å². The SMILES string of the molecule is C[C@@]12CCC[C@H]1[C@@H]1CCC3=CC(=O)OCC3=C1CC2. The van der Waals surface area contributed by atoms with Gasteiger partial charge in [0.25, 0.3) is 0 Å². The van der Waals surface area contributed by atoms with Crippen molar-refractivity contribution in [2.75, 3.05) is 6.61 Å². The molecule has 2 heteroatoms. The Labute approximate surface area is 114 Å². The molecule has 0 bridgehead atoms. The molecule has 0 spiro atoms. The first-order chi connectivity index (χ1) is 9.17. The minimum absolute atomic E-state index is 0.140. The summed E-state index contributed by atoms with van der Waals surface area (Å²) in [7, 11) is 0. The molecule has 3 aliphatic carbocycles. The molecule has 0 N–H and O–H groups in total. The summed E-state index contributed by atoms with van der Waals surface area (Å²) < 4.78 is 5.26. The first kappa shape index (κ1) is 11.7. The van der Waals surface area contributed by atoms with E-state index < -0.39 is 0 Å². The molecule has 0 aromatic carbocycles. The third kappa shape index (κ3) is 1.65. The zero-order chi connectivity index (χ0) is 13.0. The number of ether oxygens (including phenoxy) is 1. The highest BCUT2D eigenvalue weighted by atomic mass is 16.5. The first-order valence-electron chi connectivity index (χ1n) is 7.77. The van der Waals surface area contributed by atoms with E-state index in [0.717, 1.165) is 18.3 Å². The van der Waals surface area contributed by atoms with Gasteiger partial charge in [-0.2, -0.15) is 0 Å². The van der Waals surface area contributed by atoms with Crippen LogP contribution in [0.5, 0.6) is 0 Å². The second-order valence-electron chi connectivity index (χ2n) is 7.08. The number of carbonyl (C=O) groups is 1. The zero-order valence-corrected chi connectivity index (χ0v) is 11.7. The highest BCUT2D eigenvalue weighted by molar-refractivity contribution is 5.85. The molecule has 0 amide bonds. The number of esters is 1. The summed E-state index contributed by atoms with van der Waals surface area (Å²) >= 11 is 0. The molecular weight excluding hydrogens is 236 g/mol. The van der Waals surface area contributed by atoms with Crippen molar-refractivity contribution in [3.05, 3.63) is 22.8 Å². The van der Waals surface area contributed by atoms with Gasteiger partial charge in [-0.3, -0.25) is 0 Å². The van der Waals surface area contributed by atoms with Crippen molar-refractivity contribution in [2.24, 2.45) is 17.3 Å². The maximum absolute atomic E-state index is 11.4. The number of hydrogen-bond acceptors (Lipinski definition) is 2. The minimum atomic E-state index is -0.140. The lowest BCUT2D eigenvalue weighted by Crippen LogP contribution is -2.37. The van der Waals surface area contributed by atoms with Crippen LogP contribution >= 0.6 is 0 Å². The fourth-order valence-corrected chi connectivity index (χ4v) is 5.20. The Morgan fingerprint density at radius 3 is 3.05 bits per heavy atom. The zero-order valence-electron chi connectivity index (χ0n) is 11.7. The molecule has 2 fully saturated rings. The predicted molar refractivity (Wildman–Crippen MR) is 73.5 cm³/mol. The summed E-state index contributed by atoms with van der Waals surface area (Å²) in [5.41, 5.74) is 4.92. The van der Waals surface area contributed by atoms with Gasteiger partial charge < -0.3 is 4.74 Å². The van der Waals surface area contributed by atoms with Gasteiger partial charge in [0, 0.05) is 6.08 Å². The lowest BCUT2D eigenvalue weighted by Gasteiger charge is -2.47. The van der Waals surface area contributed by atoms with E-state index >= 15 is 0 Å². The van der Waals surface area contributed by atoms with Crippen LogP contribution in [-0.4, -0.2) is 12.6 Å². The van der Waals surface area contributed by atoms with E-state index in [-0.39, 0.29) is 5.97 Å². The van der Waals surface area contributed by atoms with Gasteiger partial charge in [0.05, 0.1) is 0 Å². The largest absolute Gasteiger partial charge is 0.458 e.